The van der Waals surface area contributed by atoms with Gasteiger partial charge in [0.2, 0.25) is 0 Å². The molecule has 2 N–H and O–H groups in total. The molecule has 5 heteroatoms. The van der Waals surface area contributed by atoms with Gasteiger partial charge in [-0.05, 0) is 29.5 Å². The molecule has 0 amide bonds. The average Bonchev–Trinajstić information content (AvgIpc) is 3.25. The van der Waals surface area contributed by atoms with Crippen LogP contribution in [0.15, 0.2) is 42.3 Å². The number of nitrogens with zero attached hydrogens (tertiary/aromatic N) is 2. The summed E-state index contributed by atoms with van der Waals surface area (Å²) >= 11 is 1.71. The van der Waals surface area contributed by atoms with Gasteiger partial charge in [-0.3, -0.25) is 4.98 Å². The maximum Gasteiger partial charge on any atom is 0.120 e. The Kier molecular flexibility index (Phi) is 3.29. The van der Waals surface area contributed by atoms with Crippen LogP contribution in [0.25, 0.3) is 10.4 Å². The van der Waals surface area contributed by atoms with Crippen LogP contribution in [0.2, 0.25) is 0 Å². The quantitative estimate of drug-likeness (QED) is 0.776. The summed E-state index contributed by atoms with van der Waals surface area (Å²) in [5.74, 6) is 0.988. The highest BCUT2D eigenvalue weighted by Gasteiger charge is 2.24. The van der Waals surface area contributed by atoms with Crippen molar-refractivity contribution in [3.63, 3.8) is 0 Å². The van der Waals surface area contributed by atoms with Gasteiger partial charge in [0, 0.05) is 24.6 Å². The monoisotopic (exact) mass is 296 g/mol. The molecular formula is C16H16N4S. The van der Waals surface area contributed by atoms with Crippen LogP contribution in [-0.4, -0.2) is 15.0 Å². The second-order valence-electron chi connectivity index (χ2n) is 5.25. The minimum absolute atomic E-state index is 0.415. The zero-order chi connectivity index (χ0) is 14.1. The third kappa shape index (κ3) is 2.39. The molecule has 0 bridgehead atoms. The van der Waals surface area contributed by atoms with Crippen LogP contribution in [0.4, 0.5) is 0 Å². The zero-order valence-electron chi connectivity index (χ0n) is 11.5. The van der Waals surface area contributed by atoms with Gasteiger partial charge in [-0.15, -0.1) is 11.3 Å². The molecule has 0 radical (unpaired) electrons. The van der Waals surface area contributed by atoms with E-state index in [2.05, 4.69) is 38.5 Å². The van der Waals surface area contributed by atoms with Crippen molar-refractivity contribution in [3.8, 4) is 10.4 Å². The van der Waals surface area contributed by atoms with E-state index in [4.69, 9.17) is 0 Å². The van der Waals surface area contributed by atoms with Crippen molar-refractivity contribution < 1.29 is 0 Å². The summed E-state index contributed by atoms with van der Waals surface area (Å²) in [5.41, 5.74) is 6.14. The fourth-order valence-corrected chi connectivity index (χ4v) is 3.74. The fraction of sp³-hybridized carbons (Fsp3) is 0.250. The number of hydrogen-bond acceptors (Lipinski definition) is 4. The molecular weight excluding hydrogens is 280 g/mol. The van der Waals surface area contributed by atoms with Crippen LogP contribution < -0.4 is 5.32 Å². The number of fused-ring (bicyclic) bond motifs is 1. The fourth-order valence-electron chi connectivity index (χ4n) is 3.06. The molecule has 1 aliphatic carbocycles. The standard InChI is InChI=1S/C16H16N4S/c1-2-12-11(13(3-1)15-8-17-10-21-15)4-5-14(12)20-9-16-18-6-7-19-16/h1-3,6-8,10,14,20H,4-5,9H2,(H,18,19). The summed E-state index contributed by atoms with van der Waals surface area (Å²) in [6.45, 7) is 0.780. The molecule has 1 atom stereocenters. The second kappa shape index (κ2) is 5.42. The summed E-state index contributed by atoms with van der Waals surface area (Å²) in [7, 11) is 0. The molecule has 0 saturated heterocycles. The topological polar surface area (TPSA) is 53.6 Å². The first kappa shape index (κ1) is 12.7. The highest BCUT2D eigenvalue weighted by Crippen LogP contribution is 2.38. The molecule has 2 heterocycles. The first-order chi connectivity index (χ1) is 10.4. The van der Waals surface area contributed by atoms with Gasteiger partial charge in [-0.2, -0.15) is 0 Å². The van der Waals surface area contributed by atoms with Gasteiger partial charge < -0.3 is 10.3 Å². The van der Waals surface area contributed by atoms with E-state index in [1.807, 2.05) is 17.9 Å². The third-order valence-corrected chi connectivity index (χ3v) is 4.85. The van der Waals surface area contributed by atoms with Crippen LogP contribution in [-0.2, 0) is 13.0 Å². The largest absolute Gasteiger partial charge is 0.348 e. The molecule has 3 aromatic rings. The number of benzene rings is 1. The van der Waals surface area contributed by atoms with Gasteiger partial charge in [0.05, 0.1) is 16.9 Å². The first-order valence-corrected chi connectivity index (χ1v) is 8.02. The number of H-pyrrole nitrogens is 1. The molecule has 0 fully saturated rings. The van der Waals surface area contributed by atoms with E-state index in [1.165, 1.54) is 21.6 Å². The molecule has 2 aromatic heterocycles. The lowest BCUT2D eigenvalue weighted by atomic mass is 10.0. The van der Waals surface area contributed by atoms with Gasteiger partial charge in [0.1, 0.15) is 5.82 Å². The number of hydrogen-bond donors (Lipinski definition) is 2. The van der Waals surface area contributed by atoms with Gasteiger partial charge in [-0.25, -0.2) is 4.98 Å². The lowest BCUT2D eigenvalue weighted by Crippen LogP contribution is -2.19. The molecule has 0 aliphatic heterocycles. The van der Waals surface area contributed by atoms with Gasteiger partial charge in [0.15, 0.2) is 0 Å². The van der Waals surface area contributed by atoms with Crippen LogP contribution >= 0.6 is 11.3 Å². The Morgan fingerprint density at radius 3 is 3.19 bits per heavy atom. The summed E-state index contributed by atoms with van der Waals surface area (Å²) in [4.78, 5) is 12.9. The van der Waals surface area contributed by atoms with Crippen molar-refractivity contribution >= 4 is 11.3 Å². The number of aromatic amines is 1. The van der Waals surface area contributed by atoms with E-state index in [0.717, 1.165) is 25.2 Å². The molecule has 21 heavy (non-hydrogen) atoms. The Labute approximate surface area is 127 Å². The molecule has 1 unspecified atom stereocenters. The van der Waals surface area contributed by atoms with Crippen molar-refractivity contribution in [1.29, 1.82) is 0 Å². The number of nitrogens with one attached hydrogen (secondary N) is 2. The predicted molar refractivity (Wildman–Crippen MR) is 84.0 cm³/mol. The van der Waals surface area contributed by atoms with Gasteiger partial charge >= 0.3 is 0 Å². The number of imidazole rings is 1. The van der Waals surface area contributed by atoms with Crippen LogP contribution in [0.1, 0.15) is 29.4 Å². The maximum absolute atomic E-state index is 4.27. The minimum Gasteiger partial charge on any atom is -0.348 e. The first-order valence-electron chi connectivity index (χ1n) is 7.14. The molecule has 4 rings (SSSR count). The average molecular weight is 296 g/mol. The number of rotatable bonds is 4. The molecule has 1 aromatic carbocycles. The zero-order valence-corrected chi connectivity index (χ0v) is 12.4. The van der Waals surface area contributed by atoms with E-state index in [1.54, 1.807) is 17.5 Å². The highest BCUT2D eigenvalue weighted by molar-refractivity contribution is 7.13. The number of thiazole rings is 1. The Morgan fingerprint density at radius 1 is 1.38 bits per heavy atom. The molecule has 106 valence electrons. The molecule has 0 saturated carbocycles. The summed E-state index contributed by atoms with van der Waals surface area (Å²) in [5, 5.41) is 3.61. The van der Waals surface area contributed by atoms with E-state index in [9.17, 15) is 0 Å². The van der Waals surface area contributed by atoms with Crippen molar-refractivity contribution in [2.24, 2.45) is 0 Å². The predicted octanol–water partition coefficient (Wildman–Crippen LogP) is 3.31. The minimum atomic E-state index is 0.415. The Balaban J connectivity index is 1.59. The van der Waals surface area contributed by atoms with Crippen molar-refractivity contribution in [3.05, 3.63) is 59.3 Å². The van der Waals surface area contributed by atoms with E-state index >= 15 is 0 Å². The van der Waals surface area contributed by atoms with Crippen LogP contribution in [0.5, 0.6) is 0 Å². The molecule has 0 spiro atoms. The van der Waals surface area contributed by atoms with E-state index < -0.39 is 0 Å². The van der Waals surface area contributed by atoms with Crippen LogP contribution in [0, 0.1) is 0 Å². The lowest BCUT2D eigenvalue weighted by molar-refractivity contribution is 0.521. The van der Waals surface area contributed by atoms with E-state index in [0.29, 0.717) is 6.04 Å². The molecule has 1 aliphatic rings. The summed E-state index contributed by atoms with van der Waals surface area (Å²) in [6, 6.07) is 7.02. The highest BCUT2D eigenvalue weighted by atomic mass is 32.1. The maximum atomic E-state index is 4.27. The third-order valence-electron chi connectivity index (χ3n) is 4.04. The van der Waals surface area contributed by atoms with Gasteiger partial charge in [-0.1, -0.05) is 18.2 Å². The normalized spacial score (nSPS) is 17.0. The Bertz CT molecular complexity index is 719. The second-order valence-corrected chi connectivity index (χ2v) is 6.13. The van der Waals surface area contributed by atoms with E-state index in [-0.39, 0.29) is 0 Å². The van der Waals surface area contributed by atoms with Crippen molar-refractivity contribution in [2.45, 2.75) is 25.4 Å². The lowest BCUT2D eigenvalue weighted by Gasteiger charge is -2.14. The number of aromatic nitrogens is 3. The Morgan fingerprint density at radius 2 is 2.38 bits per heavy atom. The smallest absolute Gasteiger partial charge is 0.120 e. The van der Waals surface area contributed by atoms with Crippen molar-refractivity contribution in [2.75, 3.05) is 0 Å². The van der Waals surface area contributed by atoms with Gasteiger partial charge in [0.25, 0.3) is 0 Å². The summed E-state index contributed by atoms with van der Waals surface area (Å²) < 4.78 is 0. The van der Waals surface area contributed by atoms with Crippen LogP contribution in [0.3, 0.4) is 0 Å². The molecule has 4 nitrogen and oxygen atoms in total. The Hall–Kier alpha value is -1.98. The summed E-state index contributed by atoms with van der Waals surface area (Å²) in [6.07, 6.45) is 7.89. The SMILES string of the molecule is c1cc(-c2cncs2)c2c(c1)C(NCc1ncc[nH]1)CC2. The van der Waals surface area contributed by atoms with Crippen molar-refractivity contribution in [1.82, 2.24) is 20.3 Å².